The number of thiophene rings is 1. The molecule has 0 bridgehead atoms. The summed E-state index contributed by atoms with van der Waals surface area (Å²) in [5, 5.41) is 12.8. The lowest BCUT2D eigenvalue weighted by atomic mass is 10.3. The van der Waals surface area contributed by atoms with Gasteiger partial charge in [-0.25, -0.2) is 0 Å². The summed E-state index contributed by atoms with van der Waals surface area (Å²) in [5.74, 6) is -0.804. The highest BCUT2D eigenvalue weighted by atomic mass is 32.1. The normalized spacial score (nSPS) is 10.8. The molecule has 1 rings (SSSR count). The molecule has 0 saturated heterocycles. The fraction of sp³-hybridized carbons (Fsp3) is 0.500. The standard InChI is InChI=1S/C10H15NO3S/c1-14-4-3-11(7-10(12)13)6-9-2-5-15-8-9/h2,5,8H,3-4,6-7H2,1H3,(H,12,13). The lowest BCUT2D eigenvalue weighted by molar-refractivity contribution is -0.138. The monoisotopic (exact) mass is 229 g/mol. The van der Waals surface area contributed by atoms with E-state index in [4.69, 9.17) is 9.84 Å². The molecular weight excluding hydrogens is 214 g/mol. The third-order valence-electron chi connectivity index (χ3n) is 1.96. The van der Waals surface area contributed by atoms with Crippen LogP contribution in [-0.4, -0.2) is 42.8 Å². The van der Waals surface area contributed by atoms with Crippen LogP contribution in [0.15, 0.2) is 16.8 Å². The van der Waals surface area contributed by atoms with Gasteiger partial charge in [0.05, 0.1) is 13.2 Å². The molecule has 0 unspecified atom stereocenters. The Hall–Kier alpha value is -0.910. The van der Waals surface area contributed by atoms with E-state index in [2.05, 4.69) is 0 Å². The molecular formula is C10H15NO3S. The maximum atomic E-state index is 10.6. The van der Waals surface area contributed by atoms with E-state index < -0.39 is 5.97 Å². The zero-order chi connectivity index (χ0) is 11.1. The van der Waals surface area contributed by atoms with Crippen molar-refractivity contribution in [2.24, 2.45) is 0 Å². The lowest BCUT2D eigenvalue weighted by Crippen LogP contribution is -2.32. The Morgan fingerprint density at radius 3 is 3.00 bits per heavy atom. The first-order chi connectivity index (χ1) is 7.22. The van der Waals surface area contributed by atoms with Crippen molar-refractivity contribution in [3.05, 3.63) is 22.4 Å². The Bertz CT molecular complexity index is 287. The van der Waals surface area contributed by atoms with E-state index in [1.165, 1.54) is 0 Å². The highest BCUT2D eigenvalue weighted by Gasteiger charge is 2.09. The Balaban J connectivity index is 2.44. The van der Waals surface area contributed by atoms with Crippen LogP contribution in [0.4, 0.5) is 0 Å². The van der Waals surface area contributed by atoms with Gasteiger partial charge in [0.1, 0.15) is 0 Å². The average Bonchev–Trinajstić information content (AvgIpc) is 2.66. The second kappa shape index (κ2) is 6.55. The van der Waals surface area contributed by atoms with Crippen molar-refractivity contribution >= 4 is 17.3 Å². The van der Waals surface area contributed by atoms with Crippen LogP contribution in [0.3, 0.4) is 0 Å². The molecule has 15 heavy (non-hydrogen) atoms. The number of carboxylic acid groups (broad SMARTS) is 1. The third kappa shape index (κ3) is 4.92. The molecule has 1 aromatic rings. The van der Waals surface area contributed by atoms with Crippen LogP contribution in [0.25, 0.3) is 0 Å². The molecule has 5 heteroatoms. The zero-order valence-corrected chi connectivity index (χ0v) is 9.50. The summed E-state index contributed by atoms with van der Waals surface area (Å²) in [7, 11) is 1.61. The number of hydrogen-bond donors (Lipinski definition) is 1. The van der Waals surface area contributed by atoms with Gasteiger partial charge in [0.2, 0.25) is 0 Å². The number of methoxy groups -OCH3 is 1. The molecule has 0 spiro atoms. The van der Waals surface area contributed by atoms with Crippen molar-refractivity contribution in [1.82, 2.24) is 4.90 Å². The maximum absolute atomic E-state index is 10.6. The van der Waals surface area contributed by atoms with Crippen molar-refractivity contribution in [2.45, 2.75) is 6.54 Å². The molecule has 4 nitrogen and oxygen atoms in total. The third-order valence-corrected chi connectivity index (χ3v) is 2.69. The van der Waals surface area contributed by atoms with Crippen molar-refractivity contribution in [1.29, 1.82) is 0 Å². The fourth-order valence-electron chi connectivity index (χ4n) is 1.27. The average molecular weight is 229 g/mol. The number of rotatable bonds is 7. The molecule has 0 atom stereocenters. The van der Waals surface area contributed by atoms with Crippen molar-refractivity contribution in [3.63, 3.8) is 0 Å². The second-order valence-electron chi connectivity index (χ2n) is 3.23. The van der Waals surface area contributed by atoms with Gasteiger partial charge in [-0.1, -0.05) is 0 Å². The van der Waals surface area contributed by atoms with E-state index >= 15 is 0 Å². The van der Waals surface area contributed by atoms with Gasteiger partial charge in [0.15, 0.2) is 0 Å². The summed E-state index contributed by atoms with van der Waals surface area (Å²) < 4.78 is 4.94. The second-order valence-corrected chi connectivity index (χ2v) is 4.01. The van der Waals surface area contributed by atoms with Crippen LogP contribution in [0, 0.1) is 0 Å². The molecule has 84 valence electrons. The van der Waals surface area contributed by atoms with Gasteiger partial charge in [-0.05, 0) is 22.4 Å². The fourth-order valence-corrected chi connectivity index (χ4v) is 1.93. The molecule has 1 N–H and O–H groups in total. The molecule has 0 aliphatic rings. The Labute approximate surface area is 93.1 Å². The van der Waals surface area contributed by atoms with Gasteiger partial charge in [-0.15, -0.1) is 0 Å². The minimum atomic E-state index is -0.804. The van der Waals surface area contributed by atoms with E-state index in [1.807, 2.05) is 21.7 Å². The van der Waals surface area contributed by atoms with Crippen molar-refractivity contribution in [3.8, 4) is 0 Å². The summed E-state index contributed by atoms with van der Waals surface area (Å²) in [6.07, 6.45) is 0. The summed E-state index contributed by atoms with van der Waals surface area (Å²) >= 11 is 1.62. The Kier molecular flexibility index (Phi) is 5.31. The van der Waals surface area contributed by atoms with Crippen LogP contribution in [0.1, 0.15) is 5.56 Å². The number of carbonyl (C=O) groups is 1. The van der Waals surface area contributed by atoms with Crippen LogP contribution in [0.5, 0.6) is 0 Å². The van der Waals surface area contributed by atoms with E-state index in [0.717, 1.165) is 5.56 Å². The molecule has 0 saturated carbocycles. The molecule has 1 aromatic heterocycles. The smallest absolute Gasteiger partial charge is 0.317 e. The van der Waals surface area contributed by atoms with Gasteiger partial charge >= 0.3 is 5.97 Å². The number of hydrogen-bond acceptors (Lipinski definition) is 4. The van der Waals surface area contributed by atoms with E-state index in [-0.39, 0.29) is 6.54 Å². The minimum absolute atomic E-state index is 0.0548. The highest BCUT2D eigenvalue weighted by molar-refractivity contribution is 7.07. The SMILES string of the molecule is COCCN(CC(=O)O)Cc1ccsc1. The highest BCUT2D eigenvalue weighted by Crippen LogP contribution is 2.09. The molecule has 0 fully saturated rings. The Morgan fingerprint density at radius 1 is 1.67 bits per heavy atom. The van der Waals surface area contributed by atoms with Gasteiger partial charge < -0.3 is 9.84 Å². The van der Waals surface area contributed by atoms with Gasteiger partial charge in [0, 0.05) is 20.2 Å². The molecule has 0 aliphatic heterocycles. The van der Waals surface area contributed by atoms with Gasteiger partial charge in [-0.2, -0.15) is 11.3 Å². The summed E-state index contributed by atoms with van der Waals surface area (Å²) in [6, 6.07) is 2.01. The van der Waals surface area contributed by atoms with Crippen LogP contribution in [-0.2, 0) is 16.1 Å². The summed E-state index contributed by atoms with van der Waals surface area (Å²) in [4.78, 5) is 12.5. The molecule has 0 amide bonds. The first-order valence-corrected chi connectivity index (χ1v) is 5.61. The molecule has 0 aliphatic carbocycles. The topological polar surface area (TPSA) is 49.8 Å². The minimum Gasteiger partial charge on any atom is -0.480 e. The van der Waals surface area contributed by atoms with E-state index in [9.17, 15) is 4.79 Å². The summed E-state index contributed by atoms with van der Waals surface area (Å²) in [5.41, 5.74) is 1.15. The van der Waals surface area contributed by atoms with Crippen LogP contribution in [0.2, 0.25) is 0 Å². The maximum Gasteiger partial charge on any atom is 0.317 e. The first-order valence-electron chi connectivity index (χ1n) is 4.66. The summed E-state index contributed by atoms with van der Waals surface area (Å²) in [6.45, 7) is 1.91. The zero-order valence-electron chi connectivity index (χ0n) is 8.68. The lowest BCUT2D eigenvalue weighted by Gasteiger charge is -2.18. The van der Waals surface area contributed by atoms with Crippen LogP contribution >= 0.6 is 11.3 Å². The van der Waals surface area contributed by atoms with Crippen LogP contribution < -0.4 is 0 Å². The quantitative estimate of drug-likeness (QED) is 0.765. The van der Waals surface area contributed by atoms with Gasteiger partial charge in [0.25, 0.3) is 0 Å². The van der Waals surface area contributed by atoms with Crippen molar-refractivity contribution < 1.29 is 14.6 Å². The van der Waals surface area contributed by atoms with E-state index in [0.29, 0.717) is 19.7 Å². The van der Waals surface area contributed by atoms with Crippen molar-refractivity contribution in [2.75, 3.05) is 26.8 Å². The molecule has 0 radical (unpaired) electrons. The Morgan fingerprint density at radius 2 is 2.47 bits per heavy atom. The number of aliphatic carboxylic acids is 1. The number of nitrogens with zero attached hydrogens (tertiary/aromatic N) is 1. The van der Waals surface area contributed by atoms with Gasteiger partial charge in [-0.3, -0.25) is 9.69 Å². The first kappa shape index (κ1) is 12.2. The van der Waals surface area contributed by atoms with E-state index in [1.54, 1.807) is 18.4 Å². The molecule has 0 aromatic carbocycles. The number of ether oxygens (including phenoxy) is 1. The molecule has 1 heterocycles. The predicted octanol–water partition coefficient (Wildman–Crippen LogP) is 1.28. The predicted molar refractivity (Wildman–Crippen MR) is 59.1 cm³/mol. The number of carboxylic acids is 1. The largest absolute Gasteiger partial charge is 0.480 e.